The lowest BCUT2D eigenvalue weighted by Crippen LogP contribution is -2.70. The average Bonchev–Trinajstić information content (AvgIpc) is 2.95. The van der Waals surface area contributed by atoms with Gasteiger partial charge in [0.1, 0.15) is 29.8 Å². The van der Waals surface area contributed by atoms with E-state index in [1.54, 1.807) is 30.3 Å². The number of carboxylic acid groups (broad SMARTS) is 2. The molecule has 2 aliphatic rings. The van der Waals surface area contributed by atoms with Gasteiger partial charge in [-0.05, 0) is 37.9 Å². The minimum absolute atomic E-state index is 0.0368. The topological polar surface area (TPSA) is 183 Å². The van der Waals surface area contributed by atoms with Crippen molar-refractivity contribution in [2.45, 2.75) is 41.6 Å². The predicted octanol–water partition coefficient (Wildman–Crippen LogP) is 2.17. The van der Waals surface area contributed by atoms with E-state index in [2.05, 4.69) is 10.6 Å². The summed E-state index contributed by atoms with van der Waals surface area (Å²) in [4.78, 5) is 71.6. The molecule has 0 aromatic heterocycles. The standard InChI is InChI=1S/C24H25Cl3N4O9S/c25-17(26)20(34)31(27)24(39)40-10-13-11-41-21-15(19(33)30(21)16(13)23(37)38)28-9-5-4-8-14(22(35)36)29-18(32)12-6-2-1-3-7-12/h1-3,6-7,14-15,17,21,28H,4-5,8-11H2,(H,29,32)(H,35,36)(H,37,38)/t14-,15-,21-/m1/s1. The van der Waals surface area contributed by atoms with Crippen molar-refractivity contribution < 1.29 is 43.7 Å². The first kappa shape index (κ1) is 32.5. The Morgan fingerprint density at radius 1 is 1.12 bits per heavy atom. The molecule has 0 radical (unpaired) electrons. The van der Waals surface area contributed by atoms with Crippen molar-refractivity contribution in [1.82, 2.24) is 20.0 Å². The van der Waals surface area contributed by atoms with Crippen LogP contribution in [0.25, 0.3) is 0 Å². The monoisotopic (exact) mass is 650 g/mol. The van der Waals surface area contributed by atoms with Gasteiger partial charge in [-0.25, -0.2) is 14.4 Å². The number of nitrogens with zero attached hydrogens (tertiary/aromatic N) is 2. The number of fused-ring (bicyclic) bond motifs is 1. The van der Waals surface area contributed by atoms with Crippen LogP contribution in [0, 0.1) is 0 Å². The first-order valence-electron chi connectivity index (χ1n) is 12.1. The van der Waals surface area contributed by atoms with E-state index in [1.165, 1.54) is 11.8 Å². The predicted molar refractivity (Wildman–Crippen MR) is 148 cm³/mol. The molecule has 17 heteroatoms. The third kappa shape index (κ3) is 8.04. The second-order valence-electron chi connectivity index (χ2n) is 8.80. The molecule has 2 aliphatic heterocycles. The van der Waals surface area contributed by atoms with Crippen LogP contribution in [0.3, 0.4) is 0 Å². The summed E-state index contributed by atoms with van der Waals surface area (Å²) < 4.78 is 4.94. The highest BCUT2D eigenvalue weighted by Crippen LogP contribution is 2.40. The molecule has 222 valence electrons. The Kier molecular flexibility index (Phi) is 11.7. The van der Waals surface area contributed by atoms with Crippen LogP contribution in [0.15, 0.2) is 41.6 Å². The van der Waals surface area contributed by atoms with Gasteiger partial charge in [-0.1, -0.05) is 41.4 Å². The van der Waals surface area contributed by atoms with Gasteiger partial charge in [0.25, 0.3) is 11.8 Å². The lowest BCUT2D eigenvalue weighted by molar-refractivity contribution is -0.149. The van der Waals surface area contributed by atoms with E-state index in [1.807, 2.05) is 0 Å². The number of amides is 4. The third-order valence-corrected chi connectivity index (χ3v) is 8.10. The van der Waals surface area contributed by atoms with Crippen LogP contribution in [-0.4, -0.2) is 96.5 Å². The van der Waals surface area contributed by atoms with Crippen LogP contribution >= 0.6 is 46.7 Å². The summed E-state index contributed by atoms with van der Waals surface area (Å²) in [5, 5.41) is 24.2. The summed E-state index contributed by atoms with van der Waals surface area (Å²) >= 11 is 17.5. The van der Waals surface area contributed by atoms with Gasteiger partial charge in [0.15, 0.2) is 4.84 Å². The van der Waals surface area contributed by atoms with Gasteiger partial charge in [-0.3, -0.25) is 19.3 Å². The second-order valence-corrected chi connectivity index (χ2v) is 11.3. The third-order valence-electron chi connectivity index (χ3n) is 6.08. The normalized spacial score (nSPS) is 18.7. The van der Waals surface area contributed by atoms with Crippen LogP contribution in [0.4, 0.5) is 4.79 Å². The highest BCUT2D eigenvalue weighted by atomic mass is 35.5. The van der Waals surface area contributed by atoms with Crippen molar-refractivity contribution in [2.75, 3.05) is 18.9 Å². The van der Waals surface area contributed by atoms with Gasteiger partial charge >= 0.3 is 18.0 Å². The smallest absolute Gasteiger partial charge is 0.432 e. The van der Waals surface area contributed by atoms with Crippen molar-refractivity contribution in [3.8, 4) is 0 Å². The Bertz CT molecular complexity index is 1230. The van der Waals surface area contributed by atoms with E-state index in [4.69, 9.17) is 39.7 Å². The van der Waals surface area contributed by atoms with Crippen molar-refractivity contribution >= 4 is 82.5 Å². The number of ether oxygens (including phenoxy) is 1. The Morgan fingerprint density at radius 2 is 1.80 bits per heavy atom. The van der Waals surface area contributed by atoms with Gasteiger partial charge < -0.3 is 25.6 Å². The zero-order valence-corrected chi connectivity index (χ0v) is 24.2. The molecule has 0 bridgehead atoms. The Labute approximate surface area is 253 Å². The largest absolute Gasteiger partial charge is 0.480 e. The molecule has 1 fully saturated rings. The van der Waals surface area contributed by atoms with Gasteiger partial charge in [0.05, 0.1) is 0 Å². The van der Waals surface area contributed by atoms with Gasteiger partial charge in [-0.2, -0.15) is 4.42 Å². The maximum atomic E-state index is 12.8. The highest BCUT2D eigenvalue weighted by molar-refractivity contribution is 8.00. The van der Waals surface area contributed by atoms with Gasteiger partial charge in [-0.15, -0.1) is 11.8 Å². The second kappa shape index (κ2) is 14.7. The summed E-state index contributed by atoms with van der Waals surface area (Å²) in [5.41, 5.74) is 0.145. The van der Waals surface area contributed by atoms with Crippen molar-refractivity contribution in [1.29, 1.82) is 0 Å². The molecule has 1 saturated heterocycles. The number of imide groups is 1. The highest BCUT2D eigenvalue weighted by Gasteiger charge is 2.53. The van der Waals surface area contributed by atoms with Crippen LogP contribution < -0.4 is 10.6 Å². The summed E-state index contributed by atoms with van der Waals surface area (Å²) in [6.45, 7) is -0.196. The van der Waals surface area contributed by atoms with E-state index in [0.29, 0.717) is 24.9 Å². The number of nitrogens with one attached hydrogen (secondary N) is 2. The number of β-lactam (4-membered cyclic amide) rings is 1. The molecule has 1 aromatic rings. The van der Waals surface area contributed by atoms with E-state index < -0.39 is 64.7 Å². The Balaban J connectivity index is 1.49. The molecule has 4 amide bonds. The number of hydrogen-bond donors (Lipinski definition) is 4. The van der Waals surface area contributed by atoms with E-state index >= 15 is 0 Å². The molecule has 0 unspecified atom stereocenters. The van der Waals surface area contributed by atoms with E-state index in [0.717, 1.165) is 4.90 Å². The number of carboxylic acids is 2. The minimum atomic E-state index is -1.61. The van der Waals surface area contributed by atoms with Crippen LogP contribution in [0.5, 0.6) is 0 Å². The maximum Gasteiger partial charge on any atom is 0.432 e. The zero-order chi connectivity index (χ0) is 30.3. The van der Waals surface area contributed by atoms with Crippen molar-refractivity contribution in [3.05, 3.63) is 47.2 Å². The fraction of sp³-hybridized carbons (Fsp3) is 0.417. The molecular weight excluding hydrogens is 627 g/mol. The average molecular weight is 652 g/mol. The Morgan fingerprint density at radius 3 is 2.41 bits per heavy atom. The first-order chi connectivity index (χ1) is 19.4. The lowest BCUT2D eigenvalue weighted by Gasteiger charge is -2.49. The number of unbranched alkanes of at least 4 members (excludes halogenated alkanes) is 1. The summed E-state index contributed by atoms with van der Waals surface area (Å²) in [6, 6.07) is 6.49. The Hall–Kier alpha value is -3.04. The number of carbonyl (C=O) groups is 6. The van der Waals surface area contributed by atoms with Crippen molar-refractivity contribution in [3.63, 3.8) is 0 Å². The summed E-state index contributed by atoms with van der Waals surface area (Å²) in [6.07, 6.45) is -0.208. The number of benzene rings is 1. The number of halogens is 3. The van der Waals surface area contributed by atoms with E-state index in [-0.39, 0.29) is 27.9 Å². The van der Waals surface area contributed by atoms with Gasteiger partial charge in [0, 0.05) is 28.7 Å². The number of hydrogen-bond acceptors (Lipinski definition) is 9. The zero-order valence-electron chi connectivity index (χ0n) is 21.1. The number of aliphatic carboxylic acids is 2. The SMILES string of the molecule is O=C(O)C1=C(COC(=O)N(Cl)C(=O)C(Cl)Cl)CS[C@@H]2[C@H](NCCCC[C@@H](NC(=O)c3ccccc3)C(=O)O)C(=O)N12. The summed E-state index contributed by atoms with van der Waals surface area (Å²) in [7, 11) is 0. The minimum Gasteiger partial charge on any atom is -0.480 e. The van der Waals surface area contributed by atoms with Crippen LogP contribution in [0.1, 0.15) is 29.6 Å². The molecule has 13 nitrogen and oxygen atoms in total. The number of alkyl halides is 2. The molecule has 0 spiro atoms. The number of carbonyl (C=O) groups excluding carboxylic acids is 4. The van der Waals surface area contributed by atoms with E-state index in [9.17, 15) is 39.0 Å². The van der Waals surface area contributed by atoms with Crippen LogP contribution in [-0.2, 0) is 23.9 Å². The molecule has 2 heterocycles. The maximum absolute atomic E-state index is 12.8. The van der Waals surface area contributed by atoms with Gasteiger partial charge in [0.2, 0.25) is 5.91 Å². The first-order valence-corrected chi connectivity index (χ1v) is 14.4. The molecule has 4 N–H and O–H groups in total. The molecule has 1 aromatic carbocycles. The quantitative estimate of drug-likeness (QED) is 0.106. The fourth-order valence-electron chi connectivity index (χ4n) is 4.05. The lowest BCUT2D eigenvalue weighted by atomic mass is 10.0. The molecule has 3 rings (SSSR count). The molecule has 3 atom stereocenters. The molecule has 0 aliphatic carbocycles. The van der Waals surface area contributed by atoms with Crippen molar-refractivity contribution in [2.24, 2.45) is 0 Å². The molecular formula is C24H25Cl3N4O9S. The molecule has 41 heavy (non-hydrogen) atoms. The number of thioether (sulfide) groups is 1. The summed E-state index contributed by atoms with van der Waals surface area (Å²) in [5.74, 6) is -4.57. The number of rotatable bonds is 13. The molecule has 0 saturated carbocycles. The van der Waals surface area contributed by atoms with Crippen LogP contribution in [0.2, 0.25) is 0 Å². The fourth-order valence-corrected chi connectivity index (χ4v) is 5.85.